The number of fused-ring (bicyclic) bond motifs is 3. The quantitative estimate of drug-likeness (QED) is 0.308. The first-order chi connectivity index (χ1) is 19.0. The Kier molecular flexibility index (Phi) is 6.49. The van der Waals surface area contributed by atoms with Crippen LogP contribution in [-0.4, -0.2) is 37.1 Å². The van der Waals surface area contributed by atoms with E-state index in [-0.39, 0.29) is 17.8 Å². The van der Waals surface area contributed by atoms with Gasteiger partial charge >= 0.3 is 0 Å². The highest BCUT2D eigenvalue weighted by atomic mass is 19.1. The zero-order valence-corrected chi connectivity index (χ0v) is 22.8. The van der Waals surface area contributed by atoms with Crippen LogP contribution in [0.25, 0.3) is 33.2 Å². The Labute approximate surface area is 232 Å². The van der Waals surface area contributed by atoms with Crippen molar-refractivity contribution in [1.29, 1.82) is 5.26 Å². The van der Waals surface area contributed by atoms with E-state index < -0.39 is 17.2 Å². The number of nitriles is 1. The maximum absolute atomic E-state index is 15.8. The van der Waals surface area contributed by atoms with E-state index in [1.807, 2.05) is 24.3 Å². The second-order valence-electron chi connectivity index (χ2n) is 12.0. The molecule has 2 unspecified atom stereocenters. The molecule has 0 saturated carbocycles. The van der Waals surface area contributed by atoms with Gasteiger partial charge in [0.15, 0.2) is 0 Å². The van der Waals surface area contributed by atoms with Gasteiger partial charge in [-0.1, -0.05) is 18.2 Å². The fraction of sp³-hybridized carbons (Fsp3) is 0.375. The van der Waals surface area contributed by atoms with Gasteiger partial charge in [0, 0.05) is 29.6 Å². The molecule has 4 aromatic rings. The van der Waals surface area contributed by atoms with Crippen molar-refractivity contribution < 1.29 is 13.9 Å². The molecule has 1 aromatic heterocycles. The summed E-state index contributed by atoms with van der Waals surface area (Å²) in [7, 11) is 0. The van der Waals surface area contributed by atoms with Gasteiger partial charge in [-0.3, -0.25) is 9.58 Å². The number of piperidine rings is 1. The minimum atomic E-state index is -1.01. The third kappa shape index (κ3) is 4.79. The van der Waals surface area contributed by atoms with Crippen LogP contribution in [0.2, 0.25) is 0 Å². The maximum Gasteiger partial charge on any atom is 0.141 e. The molecule has 40 heavy (non-hydrogen) atoms. The van der Waals surface area contributed by atoms with Gasteiger partial charge in [0.25, 0.3) is 0 Å². The molecule has 6 rings (SSSR count). The Bertz CT molecular complexity index is 1650. The second kappa shape index (κ2) is 9.77. The van der Waals surface area contributed by atoms with Crippen molar-refractivity contribution in [3.05, 3.63) is 77.5 Å². The number of nitrogens with two attached hydrogens (primary N) is 1. The van der Waals surface area contributed by atoms with Crippen molar-refractivity contribution in [2.24, 2.45) is 5.73 Å². The Balaban J connectivity index is 1.46. The van der Waals surface area contributed by atoms with Gasteiger partial charge in [-0.2, -0.15) is 10.4 Å². The number of hydrogen-bond acceptors (Lipinski definition) is 5. The Morgan fingerprint density at radius 2 is 1.88 bits per heavy atom. The first-order valence-electron chi connectivity index (χ1n) is 13.8. The second-order valence-corrected chi connectivity index (χ2v) is 12.0. The molecule has 3 N–H and O–H groups in total. The lowest BCUT2D eigenvalue weighted by molar-refractivity contribution is 0.0500. The highest BCUT2D eigenvalue weighted by molar-refractivity contribution is 5.90. The molecule has 0 amide bonds. The van der Waals surface area contributed by atoms with Crippen LogP contribution >= 0.6 is 0 Å². The average molecular weight is 542 g/mol. The van der Waals surface area contributed by atoms with Crippen molar-refractivity contribution in [1.82, 2.24) is 14.7 Å². The monoisotopic (exact) mass is 541 g/mol. The number of halogens is 2. The molecule has 2 aliphatic heterocycles. The number of aliphatic hydroxyl groups is 1. The van der Waals surface area contributed by atoms with Crippen LogP contribution in [0, 0.1) is 23.0 Å². The molecule has 0 radical (unpaired) electrons. The smallest absolute Gasteiger partial charge is 0.141 e. The van der Waals surface area contributed by atoms with E-state index in [1.54, 1.807) is 36.9 Å². The zero-order chi connectivity index (χ0) is 28.2. The summed E-state index contributed by atoms with van der Waals surface area (Å²) in [5, 5.41) is 24.6. The summed E-state index contributed by atoms with van der Waals surface area (Å²) in [5.41, 5.74) is 9.29. The van der Waals surface area contributed by atoms with Crippen molar-refractivity contribution in [3.63, 3.8) is 0 Å². The van der Waals surface area contributed by atoms with E-state index in [0.29, 0.717) is 40.4 Å². The number of hydrogen-bond donors (Lipinski definition) is 2. The van der Waals surface area contributed by atoms with Crippen LogP contribution in [-0.2, 0) is 13.1 Å². The molecule has 0 aliphatic carbocycles. The third-order valence-corrected chi connectivity index (χ3v) is 8.47. The number of aromatic nitrogens is 2. The van der Waals surface area contributed by atoms with Gasteiger partial charge < -0.3 is 10.8 Å². The fourth-order valence-corrected chi connectivity index (χ4v) is 6.51. The van der Waals surface area contributed by atoms with Gasteiger partial charge in [0.05, 0.1) is 35.1 Å². The molecular weight excluding hydrogens is 508 g/mol. The zero-order valence-electron chi connectivity index (χ0n) is 22.8. The van der Waals surface area contributed by atoms with Crippen molar-refractivity contribution in [3.8, 4) is 28.3 Å². The molecule has 2 fully saturated rings. The van der Waals surface area contributed by atoms with Gasteiger partial charge in [0.2, 0.25) is 0 Å². The summed E-state index contributed by atoms with van der Waals surface area (Å²) < 4.78 is 32.2. The third-order valence-electron chi connectivity index (χ3n) is 8.47. The van der Waals surface area contributed by atoms with Gasteiger partial charge in [0.1, 0.15) is 17.7 Å². The van der Waals surface area contributed by atoms with Crippen molar-refractivity contribution in [2.75, 3.05) is 0 Å². The lowest BCUT2D eigenvalue weighted by Crippen LogP contribution is -2.55. The molecular formula is C32H33F2N5O. The molecule has 2 aliphatic rings. The minimum absolute atomic E-state index is 0.0387. The van der Waals surface area contributed by atoms with E-state index in [9.17, 15) is 14.8 Å². The molecule has 6 nitrogen and oxygen atoms in total. The predicted molar refractivity (Wildman–Crippen MR) is 151 cm³/mol. The summed E-state index contributed by atoms with van der Waals surface area (Å²) in [5.74, 6) is -1.06. The number of rotatable bonds is 6. The van der Waals surface area contributed by atoms with E-state index in [0.717, 1.165) is 43.1 Å². The summed E-state index contributed by atoms with van der Waals surface area (Å²) in [6.45, 7) is 4.24. The molecule has 3 heterocycles. The van der Waals surface area contributed by atoms with Crippen molar-refractivity contribution >= 4 is 10.9 Å². The predicted octanol–water partition coefficient (Wildman–Crippen LogP) is 6.09. The van der Waals surface area contributed by atoms with Crippen LogP contribution < -0.4 is 5.73 Å². The van der Waals surface area contributed by atoms with Crippen LogP contribution in [0.5, 0.6) is 0 Å². The number of nitrogens with zero attached hydrogens (tertiary/aromatic N) is 4. The fourth-order valence-electron chi connectivity index (χ4n) is 6.51. The van der Waals surface area contributed by atoms with E-state index >= 15 is 4.39 Å². The molecule has 3 aromatic carbocycles. The Hall–Kier alpha value is -3.64. The molecule has 2 bridgehead atoms. The first kappa shape index (κ1) is 26.6. The van der Waals surface area contributed by atoms with Gasteiger partial charge in [-0.15, -0.1) is 0 Å². The topological polar surface area (TPSA) is 91.1 Å². The lowest BCUT2D eigenvalue weighted by Gasteiger charge is -2.42. The van der Waals surface area contributed by atoms with E-state index in [1.165, 1.54) is 18.2 Å². The first-order valence-corrected chi connectivity index (χ1v) is 13.8. The van der Waals surface area contributed by atoms with Gasteiger partial charge in [-0.25, -0.2) is 8.78 Å². The maximum atomic E-state index is 15.8. The molecule has 0 spiro atoms. The summed E-state index contributed by atoms with van der Waals surface area (Å²) >= 11 is 0. The standard InChI is InChI=1S/C32H33F2N5O/c1-31(2,40)19-39-30-15-29(34)27(13-23(30)17-37-39)25-8-5-20(18-38-24-4-3-10-32(38,36)11-9-24)12-26(25)21-6-7-22(16-35)28(33)14-21/h5-8,12-15,17,24,40H,3-4,9-11,18-19,36H2,1-2H3. The summed E-state index contributed by atoms with van der Waals surface area (Å²) in [4.78, 5) is 2.40. The van der Waals surface area contributed by atoms with E-state index in [4.69, 9.17) is 5.73 Å². The molecule has 206 valence electrons. The Morgan fingerprint density at radius 3 is 2.60 bits per heavy atom. The van der Waals surface area contributed by atoms with Crippen molar-refractivity contribution in [2.45, 2.75) is 76.3 Å². The highest BCUT2D eigenvalue weighted by Crippen LogP contribution is 2.43. The minimum Gasteiger partial charge on any atom is -0.389 e. The van der Waals surface area contributed by atoms with E-state index in [2.05, 4.69) is 10.00 Å². The molecule has 2 saturated heterocycles. The highest BCUT2D eigenvalue weighted by Gasteiger charge is 2.45. The molecule has 8 heteroatoms. The molecule has 2 atom stereocenters. The lowest BCUT2D eigenvalue weighted by atomic mass is 9.90. The normalized spacial score (nSPS) is 21.2. The van der Waals surface area contributed by atoms with Crippen LogP contribution in [0.4, 0.5) is 8.78 Å². The van der Waals surface area contributed by atoms with Crippen LogP contribution in [0.15, 0.2) is 54.7 Å². The average Bonchev–Trinajstić information content (AvgIpc) is 3.34. The summed E-state index contributed by atoms with van der Waals surface area (Å²) in [6.07, 6.45) is 6.98. The van der Waals surface area contributed by atoms with Crippen LogP contribution in [0.3, 0.4) is 0 Å². The Morgan fingerprint density at radius 1 is 1.05 bits per heavy atom. The largest absolute Gasteiger partial charge is 0.389 e. The number of benzene rings is 3. The van der Waals surface area contributed by atoms with Crippen LogP contribution in [0.1, 0.15) is 57.1 Å². The SMILES string of the molecule is CC(C)(O)Cn1ncc2cc(-c3ccc(CN4C5CCCC4(N)CC5)cc3-c3ccc(C#N)c(F)c3)c(F)cc21. The summed E-state index contributed by atoms with van der Waals surface area (Å²) in [6, 6.07) is 15.9. The van der Waals surface area contributed by atoms with Gasteiger partial charge in [-0.05, 0) is 92.5 Å².